The third-order valence-corrected chi connectivity index (χ3v) is 13.0. The number of nitrogens with zero attached hydrogens (tertiary/aromatic N) is 3. The Morgan fingerprint density at radius 1 is 0.627 bits per heavy atom. The van der Waals surface area contributed by atoms with Crippen molar-refractivity contribution in [2.24, 2.45) is 5.92 Å². The lowest BCUT2D eigenvalue weighted by Crippen LogP contribution is -2.22. The molecule has 3 aliphatic heterocycles. The first-order valence-corrected chi connectivity index (χ1v) is 21.1. The summed E-state index contributed by atoms with van der Waals surface area (Å²) < 4.78 is 11.7. The van der Waals surface area contributed by atoms with E-state index in [0.29, 0.717) is 0 Å². The molecule has 4 aliphatic rings. The highest BCUT2D eigenvalue weighted by Gasteiger charge is 2.38. The second-order valence-electron chi connectivity index (χ2n) is 15.5. The second-order valence-corrected chi connectivity index (χ2v) is 16.5. The Hall–Kier alpha value is -6.95. The van der Waals surface area contributed by atoms with Gasteiger partial charge < -0.3 is 18.8 Å². The van der Waals surface area contributed by atoms with Crippen molar-refractivity contribution < 1.29 is 4.74 Å². The van der Waals surface area contributed by atoms with Gasteiger partial charge >= 0.3 is 0 Å². The van der Waals surface area contributed by atoms with Gasteiger partial charge in [0.15, 0.2) is 0 Å². The Bertz CT molecular complexity index is 3140. The molecule has 5 heteroatoms. The fraction of sp³-hybridized carbons (Fsp3) is 0.0741. The molecule has 0 amide bonds. The molecule has 0 bridgehead atoms. The minimum absolute atomic E-state index is 0.0176. The highest BCUT2D eigenvalue weighted by molar-refractivity contribution is 8.02. The molecule has 11 rings (SSSR count). The molecule has 59 heavy (non-hydrogen) atoms. The quantitative estimate of drug-likeness (QED) is 0.178. The van der Waals surface area contributed by atoms with Crippen molar-refractivity contribution in [2.45, 2.75) is 23.8 Å². The van der Waals surface area contributed by atoms with Crippen LogP contribution in [0.15, 0.2) is 223 Å². The smallest absolute Gasteiger partial charge is 0.130 e. The number of para-hydroxylation sites is 3. The van der Waals surface area contributed by atoms with Gasteiger partial charge in [-0.1, -0.05) is 123 Å². The summed E-state index contributed by atoms with van der Waals surface area (Å²) >= 11 is 1.73. The highest BCUT2D eigenvalue weighted by atomic mass is 32.2. The van der Waals surface area contributed by atoms with Crippen LogP contribution in [0, 0.1) is 5.92 Å². The van der Waals surface area contributed by atoms with Crippen LogP contribution in [-0.2, 0) is 4.74 Å². The number of rotatable bonds is 3. The van der Waals surface area contributed by atoms with Crippen molar-refractivity contribution in [1.82, 2.24) is 9.13 Å². The Morgan fingerprint density at radius 3 is 2.08 bits per heavy atom. The third kappa shape index (κ3) is 5.84. The van der Waals surface area contributed by atoms with Crippen LogP contribution < -0.4 is 4.90 Å². The van der Waals surface area contributed by atoms with Crippen molar-refractivity contribution >= 4 is 78.0 Å². The van der Waals surface area contributed by atoms with Crippen LogP contribution in [0.25, 0.3) is 60.6 Å². The Labute approximate surface area is 348 Å². The van der Waals surface area contributed by atoms with Crippen molar-refractivity contribution in [3.63, 3.8) is 0 Å². The van der Waals surface area contributed by atoms with E-state index in [-0.39, 0.29) is 12.0 Å². The Morgan fingerprint density at radius 2 is 1.31 bits per heavy atom. The second kappa shape index (κ2) is 14.2. The van der Waals surface area contributed by atoms with Gasteiger partial charge in [0.25, 0.3) is 0 Å². The van der Waals surface area contributed by atoms with Crippen molar-refractivity contribution in [3.05, 3.63) is 223 Å². The van der Waals surface area contributed by atoms with Gasteiger partial charge in [-0.05, 0) is 102 Å². The number of allylic oxidation sites excluding steroid dienone is 10. The molecule has 2 unspecified atom stereocenters. The molecule has 5 aromatic carbocycles. The first kappa shape index (κ1) is 35.2. The minimum Gasteiger partial charge on any atom is -0.489 e. The SMILES string of the molecule is C=C1/C=C\C=C/N(c2ccc3c(c2)c2ccccc2n3C2=C/C(=C)c3ccccc3S/C=C\2)/C=C\C2=C(OC3CCC(n4c5ccccc5c5ccccc54)=CC23)C1=C. The van der Waals surface area contributed by atoms with Crippen LogP contribution >= 0.6 is 11.8 Å². The highest BCUT2D eigenvalue weighted by Crippen LogP contribution is 2.46. The molecular formula is C54H41N3OS. The number of ether oxygens (including phenoxy) is 1. The van der Waals surface area contributed by atoms with Gasteiger partial charge in [0, 0.05) is 73.0 Å². The van der Waals surface area contributed by atoms with Crippen molar-refractivity contribution in [3.8, 4) is 0 Å². The van der Waals surface area contributed by atoms with Crippen LogP contribution in [0.4, 0.5) is 5.69 Å². The number of aromatic nitrogens is 2. The maximum absolute atomic E-state index is 6.84. The number of hydrogen-bond acceptors (Lipinski definition) is 3. The van der Waals surface area contributed by atoms with Gasteiger partial charge in [-0.2, -0.15) is 0 Å². The summed E-state index contributed by atoms with van der Waals surface area (Å²) in [6.07, 6.45) is 21.3. The molecule has 2 atom stereocenters. The lowest BCUT2D eigenvalue weighted by molar-refractivity contribution is 0.119. The summed E-state index contributed by atoms with van der Waals surface area (Å²) in [5.41, 5.74) is 13.1. The van der Waals surface area contributed by atoms with E-state index in [9.17, 15) is 0 Å². The zero-order valence-electron chi connectivity index (χ0n) is 32.6. The predicted octanol–water partition coefficient (Wildman–Crippen LogP) is 14.2. The largest absolute Gasteiger partial charge is 0.489 e. The molecule has 5 heterocycles. The molecule has 0 spiro atoms. The molecule has 1 aliphatic carbocycles. The molecule has 0 fully saturated rings. The van der Waals surface area contributed by atoms with Crippen LogP contribution in [0.1, 0.15) is 18.4 Å². The number of anilines is 1. The molecule has 284 valence electrons. The summed E-state index contributed by atoms with van der Waals surface area (Å²) in [4.78, 5) is 3.41. The third-order valence-electron chi connectivity index (χ3n) is 12.1. The van der Waals surface area contributed by atoms with E-state index < -0.39 is 0 Å². The first-order chi connectivity index (χ1) is 29.0. The lowest BCUT2D eigenvalue weighted by atomic mass is 9.85. The Balaban J connectivity index is 1.01. The number of thioether (sulfide) groups is 1. The molecule has 0 saturated heterocycles. The number of benzene rings is 5. The number of fused-ring (bicyclic) bond motifs is 9. The standard InChI is InChI=1S/C54H41N3OS/c1-35-14-12-13-29-55(38-23-25-51-46(33-38)44-18-6-10-21-50(44)57(51)40-28-31-59-53-22-11-7-15-41(53)36(2)32-40)30-27-45-47-34-39(24-26-52(47)58-54(45)37(35)3)56-48-19-8-4-16-42(48)43-17-5-9-20-49(43)56/h4-23,25,27-34,47,52H,1-3,24,26H2/b14-12-,29-13-,30-27-,31-28-,40-32+. The first-order valence-electron chi connectivity index (χ1n) is 20.2. The van der Waals surface area contributed by atoms with Gasteiger partial charge in [0.05, 0.1) is 22.1 Å². The summed E-state index contributed by atoms with van der Waals surface area (Å²) in [6, 6.07) is 41.4. The van der Waals surface area contributed by atoms with Crippen LogP contribution in [0.5, 0.6) is 0 Å². The Kier molecular flexibility index (Phi) is 8.45. The lowest BCUT2D eigenvalue weighted by Gasteiger charge is -2.26. The van der Waals surface area contributed by atoms with E-state index in [2.05, 4.69) is 197 Å². The van der Waals surface area contributed by atoms with Crippen LogP contribution in [0.2, 0.25) is 0 Å². The zero-order valence-corrected chi connectivity index (χ0v) is 33.4. The van der Waals surface area contributed by atoms with Crippen molar-refractivity contribution in [2.75, 3.05) is 4.90 Å². The molecule has 0 N–H and O–H groups in total. The summed E-state index contributed by atoms with van der Waals surface area (Å²) in [7, 11) is 0. The van der Waals surface area contributed by atoms with E-state index >= 15 is 0 Å². The minimum atomic E-state index is 0.0176. The molecule has 0 radical (unpaired) electrons. The summed E-state index contributed by atoms with van der Waals surface area (Å²) in [6.45, 7) is 13.4. The fourth-order valence-electron chi connectivity index (χ4n) is 9.31. The number of hydrogen-bond donors (Lipinski definition) is 0. The summed E-state index contributed by atoms with van der Waals surface area (Å²) in [5.74, 6) is 0.879. The van der Waals surface area contributed by atoms with Gasteiger partial charge in [0.2, 0.25) is 0 Å². The molecule has 7 aromatic rings. The average molecular weight is 780 g/mol. The predicted molar refractivity (Wildman–Crippen MR) is 251 cm³/mol. The van der Waals surface area contributed by atoms with Crippen molar-refractivity contribution in [1.29, 1.82) is 0 Å². The topological polar surface area (TPSA) is 22.3 Å². The van der Waals surface area contributed by atoms with E-state index in [1.807, 2.05) is 12.2 Å². The molecule has 4 nitrogen and oxygen atoms in total. The van der Waals surface area contributed by atoms with Gasteiger partial charge in [-0.25, -0.2) is 0 Å². The monoisotopic (exact) mass is 779 g/mol. The fourth-order valence-corrected chi connectivity index (χ4v) is 10.1. The molecule has 2 aromatic heterocycles. The van der Waals surface area contributed by atoms with E-state index in [0.717, 1.165) is 68.9 Å². The van der Waals surface area contributed by atoms with Crippen LogP contribution in [0.3, 0.4) is 0 Å². The maximum Gasteiger partial charge on any atom is 0.130 e. The van der Waals surface area contributed by atoms with Crippen LogP contribution in [-0.4, -0.2) is 15.2 Å². The maximum atomic E-state index is 6.84. The summed E-state index contributed by atoms with van der Waals surface area (Å²) in [5, 5.41) is 7.10. The van der Waals surface area contributed by atoms with E-state index in [1.165, 1.54) is 43.2 Å². The van der Waals surface area contributed by atoms with Gasteiger partial charge in [0.1, 0.15) is 11.9 Å². The van der Waals surface area contributed by atoms with E-state index in [4.69, 9.17) is 4.74 Å². The molecular weight excluding hydrogens is 739 g/mol. The normalized spacial score (nSPS) is 22.4. The van der Waals surface area contributed by atoms with Gasteiger partial charge in [-0.3, -0.25) is 0 Å². The molecule has 0 saturated carbocycles. The average Bonchev–Trinajstić information content (AvgIpc) is 3.91. The van der Waals surface area contributed by atoms with Gasteiger partial charge in [-0.15, -0.1) is 0 Å². The zero-order chi connectivity index (χ0) is 39.6. The van der Waals surface area contributed by atoms with E-state index in [1.54, 1.807) is 11.8 Å².